The van der Waals surface area contributed by atoms with E-state index in [1.807, 2.05) is 0 Å². The molecule has 0 amide bonds. The number of benzene rings is 1. The Morgan fingerprint density at radius 1 is 1.53 bits per heavy atom. The first-order valence-corrected chi connectivity index (χ1v) is 5.38. The van der Waals surface area contributed by atoms with Crippen LogP contribution in [0.1, 0.15) is 6.92 Å². The van der Waals surface area contributed by atoms with Crippen LogP contribution in [0.4, 0.5) is 10.1 Å². The van der Waals surface area contributed by atoms with Gasteiger partial charge in [-0.1, -0.05) is 12.6 Å². The van der Waals surface area contributed by atoms with E-state index in [2.05, 4.69) is 11.3 Å². The second-order valence-electron chi connectivity index (χ2n) is 3.46. The highest BCUT2D eigenvalue weighted by atomic mass is 19.1. The minimum absolute atomic E-state index is 0.0561. The number of nitro groups is 1. The monoisotopic (exact) mass is 269 g/mol. The summed E-state index contributed by atoms with van der Waals surface area (Å²) in [4.78, 5) is 21.2. The maximum atomic E-state index is 13.4. The molecule has 0 N–H and O–H groups in total. The van der Waals surface area contributed by atoms with Gasteiger partial charge in [0.2, 0.25) is 5.75 Å². The number of carbonyl (C=O) groups is 1. The largest absolute Gasteiger partial charge is 0.480 e. The van der Waals surface area contributed by atoms with Gasteiger partial charge in [-0.15, -0.1) is 0 Å². The normalized spacial score (nSPS) is 9.79. The van der Waals surface area contributed by atoms with Crippen LogP contribution in [0.25, 0.3) is 0 Å². The predicted molar refractivity (Wildman–Crippen MR) is 64.3 cm³/mol. The summed E-state index contributed by atoms with van der Waals surface area (Å²) in [5.74, 6) is -2.11. The van der Waals surface area contributed by atoms with Gasteiger partial charge in [-0.2, -0.15) is 0 Å². The molecule has 0 saturated carbocycles. The van der Waals surface area contributed by atoms with E-state index in [1.165, 1.54) is 6.07 Å². The van der Waals surface area contributed by atoms with Crippen molar-refractivity contribution in [1.29, 1.82) is 0 Å². The zero-order valence-corrected chi connectivity index (χ0v) is 10.2. The first-order valence-electron chi connectivity index (χ1n) is 5.38. The molecule has 0 atom stereocenters. The van der Waals surface area contributed by atoms with Gasteiger partial charge in [0.05, 0.1) is 17.1 Å². The van der Waals surface area contributed by atoms with Gasteiger partial charge in [-0.3, -0.25) is 10.1 Å². The molecule has 0 bridgehead atoms. The van der Waals surface area contributed by atoms with Crippen LogP contribution in [-0.4, -0.2) is 24.1 Å². The molecule has 0 radical (unpaired) electrons. The fourth-order valence-electron chi connectivity index (χ4n) is 1.24. The van der Waals surface area contributed by atoms with Gasteiger partial charge < -0.3 is 9.47 Å². The van der Waals surface area contributed by atoms with Crippen molar-refractivity contribution in [2.24, 2.45) is 0 Å². The molecule has 102 valence electrons. The van der Waals surface area contributed by atoms with Gasteiger partial charge in [0, 0.05) is 6.07 Å². The van der Waals surface area contributed by atoms with E-state index in [0.29, 0.717) is 0 Å². The van der Waals surface area contributed by atoms with Crippen LogP contribution in [-0.2, 0) is 9.53 Å². The molecule has 0 fully saturated rings. The van der Waals surface area contributed by atoms with E-state index < -0.39 is 28.1 Å². The Balaban J connectivity index is 2.80. The van der Waals surface area contributed by atoms with Gasteiger partial charge >= 0.3 is 11.7 Å². The summed E-state index contributed by atoms with van der Waals surface area (Å²) in [5, 5.41) is 10.7. The summed E-state index contributed by atoms with van der Waals surface area (Å²) >= 11 is 0. The molecule has 0 spiro atoms. The highest BCUT2D eigenvalue weighted by molar-refractivity contribution is 5.88. The number of esters is 1. The minimum Gasteiger partial charge on any atom is -0.480 e. The molecule has 1 aromatic carbocycles. The molecule has 1 rings (SSSR count). The van der Waals surface area contributed by atoms with Gasteiger partial charge in [0.15, 0.2) is 5.82 Å². The first-order chi connectivity index (χ1) is 8.97. The van der Waals surface area contributed by atoms with Gasteiger partial charge in [-0.05, 0) is 13.0 Å². The number of carbonyl (C=O) groups excluding carboxylic acids is 1. The molecule has 1 aromatic rings. The Kier molecular flexibility index (Phi) is 4.99. The van der Waals surface area contributed by atoms with E-state index in [9.17, 15) is 19.3 Å². The van der Waals surface area contributed by atoms with Crippen molar-refractivity contribution in [2.45, 2.75) is 6.92 Å². The van der Waals surface area contributed by atoms with E-state index in [0.717, 1.165) is 12.1 Å². The van der Waals surface area contributed by atoms with E-state index in [4.69, 9.17) is 4.74 Å². The topological polar surface area (TPSA) is 78.7 Å². The molecular weight excluding hydrogens is 257 g/mol. The van der Waals surface area contributed by atoms with Crippen LogP contribution in [0.5, 0.6) is 5.75 Å². The Labute approximate surface area is 108 Å². The van der Waals surface area contributed by atoms with Crippen LogP contribution in [0, 0.1) is 15.9 Å². The molecule has 0 unspecified atom stereocenters. The fourth-order valence-corrected chi connectivity index (χ4v) is 1.24. The van der Waals surface area contributed by atoms with Crippen LogP contribution >= 0.6 is 0 Å². The van der Waals surface area contributed by atoms with Gasteiger partial charge in [0.1, 0.15) is 6.61 Å². The molecule has 6 nitrogen and oxygen atoms in total. The smallest absolute Gasteiger partial charge is 0.336 e. The highest BCUT2D eigenvalue weighted by Gasteiger charge is 2.20. The Morgan fingerprint density at radius 3 is 2.79 bits per heavy atom. The number of rotatable bonds is 6. The summed E-state index contributed by atoms with van der Waals surface area (Å²) in [6, 6.07) is 3.32. The average molecular weight is 269 g/mol. The summed E-state index contributed by atoms with van der Waals surface area (Å²) in [7, 11) is 0. The van der Waals surface area contributed by atoms with Crippen molar-refractivity contribution in [3.63, 3.8) is 0 Å². The fraction of sp³-hybridized carbons (Fsp3) is 0.250. The second kappa shape index (κ2) is 6.48. The van der Waals surface area contributed by atoms with Crippen LogP contribution in [0.2, 0.25) is 0 Å². The number of hydrogen-bond acceptors (Lipinski definition) is 5. The quantitative estimate of drug-likeness (QED) is 0.342. The number of ether oxygens (including phenoxy) is 2. The standard InChI is InChI=1S/C12H12FNO5/c1-3-18-12(15)8(2)7-19-11-9(13)5-4-6-10(11)14(16)17/h4-6H,2-3,7H2,1H3. The van der Waals surface area contributed by atoms with E-state index >= 15 is 0 Å². The second-order valence-corrected chi connectivity index (χ2v) is 3.46. The third-order valence-corrected chi connectivity index (χ3v) is 2.10. The molecule has 19 heavy (non-hydrogen) atoms. The molecule has 0 heterocycles. The van der Waals surface area contributed by atoms with Crippen molar-refractivity contribution in [3.05, 3.63) is 46.3 Å². The SMILES string of the molecule is C=C(COc1c(F)cccc1[N+](=O)[O-])C(=O)OCC. The minimum atomic E-state index is -0.883. The molecule has 0 aliphatic rings. The molecule has 0 aliphatic heterocycles. The molecular formula is C12H12FNO5. The van der Waals surface area contributed by atoms with Crippen LogP contribution in [0.15, 0.2) is 30.4 Å². The predicted octanol–water partition coefficient (Wildman–Crippen LogP) is 2.23. The summed E-state index contributed by atoms with van der Waals surface area (Å²) in [5.41, 5.74) is -0.573. The lowest BCUT2D eigenvalue weighted by Gasteiger charge is -2.09. The van der Waals surface area contributed by atoms with E-state index in [-0.39, 0.29) is 18.8 Å². The summed E-state index contributed by atoms with van der Waals surface area (Å²) in [6.45, 7) is 4.80. The van der Waals surface area contributed by atoms with Gasteiger partial charge in [0.25, 0.3) is 0 Å². The maximum Gasteiger partial charge on any atom is 0.336 e. The molecule has 0 saturated heterocycles. The zero-order valence-electron chi connectivity index (χ0n) is 10.2. The first kappa shape index (κ1) is 14.6. The maximum absolute atomic E-state index is 13.4. The van der Waals surface area contributed by atoms with Crippen molar-refractivity contribution in [1.82, 2.24) is 0 Å². The van der Waals surface area contributed by atoms with E-state index in [1.54, 1.807) is 6.92 Å². The highest BCUT2D eigenvalue weighted by Crippen LogP contribution is 2.29. The number of halogens is 1. The van der Waals surface area contributed by atoms with Crippen molar-refractivity contribution in [2.75, 3.05) is 13.2 Å². The number of para-hydroxylation sites is 1. The van der Waals surface area contributed by atoms with Crippen LogP contribution < -0.4 is 4.74 Å². The van der Waals surface area contributed by atoms with Crippen molar-refractivity contribution >= 4 is 11.7 Å². The lowest BCUT2D eigenvalue weighted by atomic mass is 10.3. The third kappa shape index (κ3) is 3.77. The summed E-state index contributed by atoms with van der Waals surface area (Å²) < 4.78 is 23.0. The lowest BCUT2D eigenvalue weighted by Crippen LogP contribution is -2.14. The summed E-state index contributed by atoms with van der Waals surface area (Å²) in [6.07, 6.45) is 0. The Morgan fingerprint density at radius 2 is 2.21 bits per heavy atom. The Bertz CT molecular complexity index is 515. The van der Waals surface area contributed by atoms with Crippen LogP contribution in [0.3, 0.4) is 0 Å². The molecule has 0 aromatic heterocycles. The number of hydrogen-bond donors (Lipinski definition) is 0. The van der Waals surface area contributed by atoms with Crippen molar-refractivity contribution < 1.29 is 23.6 Å². The number of nitrogens with zero attached hydrogens (tertiary/aromatic N) is 1. The number of nitro benzene ring substituents is 1. The van der Waals surface area contributed by atoms with Crippen molar-refractivity contribution in [3.8, 4) is 5.75 Å². The average Bonchev–Trinajstić information content (AvgIpc) is 2.36. The third-order valence-electron chi connectivity index (χ3n) is 2.10. The molecule has 0 aliphatic carbocycles. The zero-order chi connectivity index (χ0) is 14.4. The molecule has 7 heteroatoms. The lowest BCUT2D eigenvalue weighted by molar-refractivity contribution is -0.386. The van der Waals surface area contributed by atoms with Gasteiger partial charge in [-0.25, -0.2) is 9.18 Å². The Hall–Kier alpha value is -2.44.